The summed E-state index contributed by atoms with van der Waals surface area (Å²) < 4.78 is 0. The maximum absolute atomic E-state index is 10.7. The first-order valence-electron chi connectivity index (χ1n) is 6.79. The fourth-order valence-corrected chi connectivity index (χ4v) is 2.86. The normalized spacial score (nSPS) is 14.5. The molecule has 0 bridgehead atoms. The van der Waals surface area contributed by atoms with Crippen LogP contribution in [0.15, 0.2) is 48.5 Å². The second-order valence-electron chi connectivity index (χ2n) is 5.25. The van der Waals surface area contributed by atoms with Gasteiger partial charge in [0.2, 0.25) is 0 Å². The lowest BCUT2D eigenvalue weighted by Gasteiger charge is -2.28. The molecule has 0 saturated heterocycles. The van der Waals surface area contributed by atoms with E-state index in [1.165, 1.54) is 16.9 Å². The molecule has 20 heavy (non-hydrogen) atoms. The molecule has 3 nitrogen and oxygen atoms in total. The van der Waals surface area contributed by atoms with Crippen LogP contribution in [0.2, 0.25) is 0 Å². The summed E-state index contributed by atoms with van der Waals surface area (Å²) in [6.45, 7) is 0. The van der Waals surface area contributed by atoms with Crippen LogP contribution in [0.4, 0.5) is 11.4 Å². The van der Waals surface area contributed by atoms with Gasteiger partial charge in [0.1, 0.15) is 12.5 Å². The molecule has 2 aromatic carbocycles. The number of likely N-dealkylation sites (N-methyl/N-ethyl adjacent to an activating group) is 2. The number of aldehydes is 1. The summed E-state index contributed by atoms with van der Waals surface area (Å²) in [5, 5.41) is 0. The molecule has 0 aliphatic carbocycles. The maximum Gasteiger partial charge on any atom is 0.150 e. The third-order valence-corrected chi connectivity index (χ3v) is 4.07. The van der Waals surface area contributed by atoms with E-state index < -0.39 is 0 Å². The second-order valence-corrected chi connectivity index (χ2v) is 5.25. The first-order chi connectivity index (χ1) is 9.70. The first-order valence-corrected chi connectivity index (χ1v) is 6.79. The van der Waals surface area contributed by atoms with Crippen LogP contribution in [-0.2, 0) is 6.42 Å². The Morgan fingerprint density at radius 1 is 0.950 bits per heavy atom. The van der Waals surface area contributed by atoms with Crippen molar-refractivity contribution < 1.29 is 4.79 Å². The largest absolute Gasteiger partial charge is 0.352 e. The van der Waals surface area contributed by atoms with E-state index in [2.05, 4.69) is 48.2 Å². The van der Waals surface area contributed by atoms with Crippen LogP contribution in [-0.4, -0.2) is 26.5 Å². The molecule has 1 aliphatic heterocycles. The Balaban J connectivity index is 1.83. The van der Waals surface area contributed by atoms with Crippen LogP contribution in [0, 0.1) is 0 Å². The molecule has 3 heteroatoms. The van der Waals surface area contributed by atoms with Crippen LogP contribution in [0.25, 0.3) is 0 Å². The van der Waals surface area contributed by atoms with E-state index in [4.69, 9.17) is 0 Å². The van der Waals surface area contributed by atoms with Crippen LogP contribution < -0.4 is 9.80 Å². The van der Waals surface area contributed by atoms with Crippen LogP contribution in [0.5, 0.6) is 0 Å². The monoisotopic (exact) mass is 266 g/mol. The van der Waals surface area contributed by atoms with Gasteiger partial charge in [-0.15, -0.1) is 0 Å². The SMILES string of the molecule is CN1c2ccccc2N(C)C1Cc1ccc(C=O)cc1. The molecule has 0 spiro atoms. The fourth-order valence-electron chi connectivity index (χ4n) is 2.86. The van der Waals surface area contributed by atoms with E-state index >= 15 is 0 Å². The molecule has 0 saturated carbocycles. The second kappa shape index (κ2) is 5.00. The van der Waals surface area contributed by atoms with Crippen molar-refractivity contribution >= 4 is 17.7 Å². The van der Waals surface area contributed by atoms with Crippen LogP contribution >= 0.6 is 0 Å². The van der Waals surface area contributed by atoms with Gasteiger partial charge < -0.3 is 9.80 Å². The van der Waals surface area contributed by atoms with Crippen molar-refractivity contribution in [3.8, 4) is 0 Å². The highest BCUT2D eigenvalue weighted by Gasteiger charge is 2.30. The van der Waals surface area contributed by atoms with Crippen molar-refractivity contribution in [3.05, 3.63) is 59.7 Å². The van der Waals surface area contributed by atoms with Gasteiger partial charge in [0.05, 0.1) is 11.4 Å². The van der Waals surface area contributed by atoms with Crippen molar-refractivity contribution in [2.24, 2.45) is 0 Å². The molecule has 2 aromatic rings. The summed E-state index contributed by atoms with van der Waals surface area (Å²) in [5.41, 5.74) is 4.51. The minimum Gasteiger partial charge on any atom is -0.352 e. The summed E-state index contributed by atoms with van der Waals surface area (Å²) in [6, 6.07) is 16.3. The number of para-hydroxylation sites is 2. The lowest BCUT2D eigenvalue weighted by atomic mass is 10.1. The van der Waals surface area contributed by atoms with Gasteiger partial charge in [-0.05, 0) is 17.7 Å². The standard InChI is InChI=1S/C17H18N2O/c1-18-15-5-3-4-6-16(15)19(2)17(18)11-13-7-9-14(12-20)10-8-13/h3-10,12,17H,11H2,1-2H3. The molecule has 0 N–H and O–H groups in total. The Morgan fingerprint density at radius 2 is 1.50 bits per heavy atom. The smallest absolute Gasteiger partial charge is 0.150 e. The fraction of sp³-hybridized carbons (Fsp3) is 0.235. The number of hydrogen-bond donors (Lipinski definition) is 0. The van der Waals surface area contributed by atoms with Gasteiger partial charge >= 0.3 is 0 Å². The number of hydrogen-bond acceptors (Lipinski definition) is 3. The summed E-state index contributed by atoms with van der Waals surface area (Å²) in [6.07, 6.45) is 2.13. The first kappa shape index (κ1) is 12.7. The van der Waals surface area contributed by atoms with E-state index in [1.54, 1.807) is 0 Å². The molecule has 3 rings (SSSR count). The average Bonchev–Trinajstić information content (AvgIpc) is 2.74. The Bertz CT molecular complexity index is 592. The molecule has 102 valence electrons. The molecule has 0 atom stereocenters. The summed E-state index contributed by atoms with van der Waals surface area (Å²) in [7, 11) is 4.26. The Labute approximate surface area is 119 Å². The van der Waals surface area contributed by atoms with Gasteiger partial charge in [-0.25, -0.2) is 0 Å². The molecule has 0 radical (unpaired) electrons. The van der Waals surface area contributed by atoms with E-state index in [-0.39, 0.29) is 0 Å². The number of carbonyl (C=O) groups excluding carboxylic acids is 1. The topological polar surface area (TPSA) is 23.6 Å². The van der Waals surface area contributed by atoms with Gasteiger partial charge in [-0.1, -0.05) is 36.4 Å². The minimum absolute atomic E-state index is 0.314. The lowest BCUT2D eigenvalue weighted by molar-refractivity contribution is 0.112. The summed E-state index contributed by atoms with van der Waals surface area (Å²) in [4.78, 5) is 15.3. The molecule has 1 heterocycles. The Hall–Kier alpha value is -2.29. The van der Waals surface area contributed by atoms with Crippen molar-refractivity contribution in [1.82, 2.24) is 0 Å². The van der Waals surface area contributed by atoms with E-state index in [9.17, 15) is 4.79 Å². The summed E-state index contributed by atoms with van der Waals surface area (Å²) >= 11 is 0. The highest BCUT2D eigenvalue weighted by Crippen LogP contribution is 2.38. The number of benzene rings is 2. The number of anilines is 2. The number of fused-ring (bicyclic) bond motifs is 1. The highest BCUT2D eigenvalue weighted by atomic mass is 16.1. The maximum atomic E-state index is 10.7. The number of rotatable bonds is 3. The van der Waals surface area contributed by atoms with Gasteiger partial charge in [-0.2, -0.15) is 0 Å². The van der Waals surface area contributed by atoms with E-state index in [0.29, 0.717) is 6.17 Å². The van der Waals surface area contributed by atoms with Gasteiger partial charge in [0.25, 0.3) is 0 Å². The van der Waals surface area contributed by atoms with Crippen molar-refractivity contribution in [2.75, 3.05) is 23.9 Å². The molecule has 1 aliphatic rings. The predicted octanol–water partition coefficient (Wildman–Crippen LogP) is 2.95. The predicted molar refractivity (Wildman–Crippen MR) is 82.6 cm³/mol. The Morgan fingerprint density at radius 3 is 2.00 bits per heavy atom. The molecule has 0 fully saturated rings. The quantitative estimate of drug-likeness (QED) is 0.798. The molecule has 0 unspecified atom stereocenters. The molecular weight excluding hydrogens is 248 g/mol. The zero-order chi connectivity index (χ0) is 14.1. The third-order valence-electron chi connectivity index (χ3n) is 4.07. The number of nitrogens with zero attached hydrogens (tertiary/aromatic N) is 2. The average molecular weight is 266 g/mol. The zero-order valence-electron chi connectivity index (χ0n) is 11.8. The van der Waals surface area contributed by atoms with Crippen molar-refractivity contribution in [2.45, 2.75) is 12.6 Å². The van der Waals surface area contributed by atoms with Gasteiger partial charge in [0.15, 0.2) is 0 Å². The number of carbonyl (C=O) groups is 1. The third kappa shape index (κ3) is 2.05. The van der Waals surface area contributed by atoms with Crippen molar-refractivity contribution in [1.29, 1.82) is 0 Å². The van der Waals surface area contributed by atoms with Crippen LogP contribution in [0.3, 0.4) is 0 Å². The highest BCUT2D eigenvalue weighted by molar-refractivity contribution is 5.77. The van der Waals surface area contributed by atoms with Crippen molar-refractivity contribution in [3.63, 3.8) is 0 Å². The Kier molecular flexibility index (Phi) is 3.18. The minimum atomic E-state index is 0.314. The van der Waals surface area contributed by atoms with Gasteiger partial charge in [-0.3, -0.25) is 4.79 Å². The molecule has 0 aromatic heterocycles. The van der Waals surface area contributed by atoms with E-state index in [1.807, 2.05) is 24.3 Å². The van der Waals surface area contributed by atoms with Gasteiger partial charge in [0, 0.05) is 26.1 Å². The lowest BCUT2D eigenvalue weighted by Crippen LogP contribution is -2.40. The zero-order valence-corrected chi connectivity index (χ0v) is 11.8. The summed E-state index contributed by atoms with van der Waals surface area (Å²) in [5.74, 6) is 0. The van der Waals surface area contributed by atoms with E-state index in [0.717, 1.165) is 18.3 Å². The molecule has 0 amide bonds. The van der Waals surface area contributed by atoms with Crippen LogP contribution in [0.1, 0.15) is 15.9 Å². The molecular formula is C17H18N2O.